The first-order chi connectivity index (χ1) is 10.1. The molecule has 0 saturated carbocycles. The third-order valence-corrected chi connectivity index (χ3v) is 3.26. The van der Waals surface area contributed by atoms with Gasteiger partial charge in [0.15, 0.2) is 0 Å². The molecule has 0 saturated heterocycles. The number of aliphatic hydroxyl groups is 1. The Bertz CT molecular complexity index is 587. The van der Waals surface area contributed by atoms with Crippen molar-refractivity contribution in [3.8, 4) is 5.75 Å². The Morgan fingerprint density at radius 2 is 1.71 bits per heavy atom. The highest BCUT2D eigenvalue weighted by Crippen LogP contribution is 2.20. The van der Waals surface area contributed by atoms with E-state index >= 15 is 0 Å². The zero-order valence-electron chi connectivity index (χ0n) is 11.8. The predicted octanol–water partition coefficient (Wildman–Crippen LogP) is 3.41. The van der Waals surface area contributed by atoms with Gasteiger partial charge in [0.1, 0.15) is 12.4 Å². The van der Waals surface area contributed by atoms with Gasteiger partial charge in [-0.3, -0.25) is 0 Å². The van der Waals surface area contributed by atoms with Crippen molar-refractivity contribution in [1.29, 1.82) is 0 Å². The van der Waals surface area contributed by atoms with Crippen LogP contribution in [0.15, 0.2) is 48.5 Å². The van der Waals surface area contributed by atoms with Gasteiger partial charge >= 0.3 is 5.97 Å². The molecule has 21 heavy (non-hydrogen) atoms. The van der Waals surface area contributed by atoms with Gasteiger partial charge in [-0.2, -0.15) is 0 Å². The second-order valence-corrected chi connectivity index (χ2v) is 4.78. The summed E-state index contributed by atoms with van der Waals surface area (Å²) in [6.07, 6.45) is 0.235. The molecule has 2 aromatic carbocycles. The lowest BCUT2D eigenvalue weighted by Crippen LogP contribution is -1.99. The number of rotatable bonds is 6. The van der Waals surface area contributed by atoms with Crippen molar-refractivity contribution in [1.82, 2.24) is 0 Å². The quantitative estimate of drug-likeness (QED) is 0.854. The lowest BCUT2D eigenvalue weighted by molar-refractivity contribution is 0.0697. The first kappa shape index (κ1) is 15.1. The van der Waals surface area contributed by atoms with Gasteiger partial charge in [0, 0.05) is 0 Å². The number of carbonyl (C=O) groups is 1. The minimum atomic E-state index is -0.937. The van der Waals surface area contributed by atoms with E-state index in [1.54, 1.807) is 24.3 Å². The van der Waals surface area contributed by atoms with Gasteiger partial charge in [-0.25, -0.2) is 4.79 Å². The molecular weight excluding hydrogens is 268 g/mol. The van der Waals surface area contributed by atoms with E-state index in [-0.39, 0.29) is 5.56 Å². The van der Waals surface area contributed by atoms with Crippen molar-refractivity contribution in [3.63, 3.8) is 0 Å². The average molecular weight is 286 g/mol. The summed E-state index contributed by atoms with van der Waals surface area (Å²) in [6.45, 7) is 2.30. The van der Waals surface area contributed by atoms with E-state index in [4.69, 9.17) is 9.84 Å². The van der Waals surface area contributed by atoms with Crippen molar-refractivity contribution < 1.29 is 19.7 Å². The normalized spacial score (nSPS) is 11.9. The summed E-state index contributed by atoms with van der Waals surface area (Å²) in [5.74, 6) is -0.225. The second-order valence-electron chi connectivity index (χ2n) is 4.78. The van der Waals surface area contributed by atoms with E-state index < -0.39 is 12.1 Å². The molecular formula is C17H18O4. The minimum Gasteiger partial charge on any atom is -0.489 e. The van der Waals surface area contributed by atoms with Crippen LogP contribution in [0.25, 0.3) is 0 Å². The van der Waals surface area contributed by atoms with E-state index in [0.717, 1.165) is 11.1 Å². The summed E-state index contributed by atoms with van der Waals surface area (Å²) in [6, 6.07) is 13.9. The molecule has 4 heteroatoms. The number of hydrogen-bond acceptors (Lipinski definition) is 3. The van der Waals surface area contributed by atoms with Crippen molar-refractivity contribution in [3.05, 3.63) is 65.2 Å². The number of benzene rings is 2. The molecule has 2 rings (SSSR count). The van der Waals surface area contributed by atoms with Gasteiger partial charge in [-0.1, -0.05) is 31.2 Å². The Balaban J connectivity index is 1.95. The van der Waals surface area contributed by atoms with E-state index in [1.807, 2.05) is 31.2 Å². The lowest BCUT2D eigenvalue weighted by atomic mass is 10.1. The first-order valence-corrected chi connectivity index (χ1v) is 6.83. The van der Waals surface area contributed by atoms with Crippen LogP contribution in [-0.4, -0.2) is 16.2 Å². The molecule has 0 aliphatic carbocycles. The number of aliphatic hydroxyl groups excluding tert-OH is 1. The van der Waals surface area contributed by atoms with Crippen LogP contribution in [0, 0.1) is 0 Å². The Morgan fingerprint density at radius 3 is 2.24 bits per heavy atom. The molecule has 0 aliphatic rings. The van der Waals surface area contributed by atoms with Crippen LogP contribution < -0.4 is 4.74 Å². The zero-order valence-corrected chi connectivity index (χ0v) is 11.8. The molecule has 0 aliphatic heterocycles. The number of aromatic carboxylic acids is 1. The van der Waals surface area contributed by atoms with E-state index in [2.05, 4.69) is 0 Å². The van der Waals surface area contributed by atoms with E-state index in [9.17, 15) is 9.90 Å². The third-order valence-electron chi connectivity index (χ3n) is 3.26. The van der Waals surface area contributed by atoms with Gasteiger partial charge in [-0.15, -0.1) is 0 Å². The third kappa shape index (κ3) is 4.07. The van der Waals surface area contributed by atoms with Crippen LogP contribution in [0.2, 0.25) is 0 Å². The summed E-state index contributed by atoms with van der Waals surface area (Å²) < 4.78 is 5.63. The highest BCUT2D eigenvalue weighted by molar-refractivity contribution is 5.87. The smallest absolute Gasteiger partial charge is 0.335 e. The van der Waals surface area contributed by atoms with Crippen LogP contribution in [0.1, 0.15) is 40.9 Å². The number of carboxylic acid groups (broad SMARTS) is 1. The van der Waals surface area contributed by atoms with Crippen molar-refractivity contribution in [2.45, 2.75) is 26.1 Å². The SMILES string of the molecule is CCC(O)c1ccc(OCc2ccc(C(=O)O)cc2)cc1. The number of hydrogen-bond donors (Lipinski definition) is 2. The van der Waals surface area contributed by atoms with Crippen LogP contribution >= 0.6 is 0 Å². The van der Waals surface area contributed by atoms with Crippen LogP contribution in [0.3, 0.4) is 0 Å². The molecule has 0 bridgehead atoms. The number of carboxylic acids is 1. The number of ether oxygens (including phenoxy) is 1. The molecule has 4 nitrogen and oxygen atoms in total. The van der Waals surface area contributed by atoms with Crippen molar-refractivity contribution >= 4 is 5.97 Å². The van der Waals surface area contributed by atoms with Gasteiger partial charge in [0.25, 0.3) is 0 Å². The molecule has 2 N–H and O–H groups in total. The molecule has 0 fully saturated rings. The van der Waals surface area contributed by atoms with Crippen LogP contribution in [-0.2, 0) is 6.61 Å². The Kier molecular flexibility index (Phi) is 4.95. The summed E-state index contributed by atoms with van der Waals surface area (Å²) in [5, 5.41) is 18.5. The van der Waals surface area contributed by atoms with Gasteiger partial charge < -0.3 is 14.9 Å². The Morgan fingerprint density at radius 1 is 1.10 bits per heavy atom. The monoisotopic (exact) mass is 286 g/mol. The maximum Gasteiger partial charge on any atom is 0.335 e. The standard InChI is InChI=1S/C17H18O4/c1-2-16(18)13-7-9-15(10-8-13)21-11-12-3-5-14(6-4-12)17(19)20/h3-10,16,18H,2,11H2,1H3,(H,19,20). The maximum absolute atomic E-state index is 10.8. The largest absolute Gasteiger partial charge is 0.489 e. The highest BCUT2D eigenvalue weighted by Gasteiger charge is 2.05. The van der Waals surface area contributed by atoms with Gasteiger partial charge in [0.2, 0.25) is 0 Å². The van der Waals surface area contributed by atoms with Gasteiger partial charge in [-0.05, 0) is 41.8 Å². The molecule has 1 unspecified atom stereocenters. The lowest BCUT2D eigenvalue weighted by Gasteiger charge is -2.10. The van der Waals surface area contributed by atoms with Crippen LogP contribution in [0.4, 0.5) is 0 Å². The fourth-order valence-corrected chi connectivity index (χ4v) is 1.93. The molecule has 0 aromatic heterocycles. The molecule has 1 atom stereocenters. The zero-order chi connectivity index (χ0) is 15.2. The topological polar surface area (TPSA) is 66.8 Å². The minimum absolute atomic E-state index is 0.261. The molecule has 0 amide bonds. The Labute approximate surface area is 123 Å². The summed E-state index contributed by atoms with van der Waals surface area (Å²) in [7, 11) is 0. The molecule has 0 spiro atoms. The van der Waals surface area contributed by atoms with E-state index in [0.29, 0.717) is 18.8 Å². The Hall–Kier alpha value is -2.33. The van der Waals surface area contributed by atoms with E-state index in [1.165, 1.54) is 0 Å². The average Bonchev–Trinajstić information content (AvgIpc) is 2.53. The fraction of sp³-hybridized carbons (Fsp3) is 0.235. The summed E-state index contributed by atoms with van der Waals surface area (Å²) in [5.41, 5.74) is 2.03. The first-order valence-electron chi connectivity index (χ1n) is 6.83. The summed E-state index contributed by atoms with van der Waals surface area (Å²) in [4.78, 5) is 10.8. The summed E-state index contributed by atoms with van der Waals surface area (Å²) >= 11 is 0. The van der Waals surface area contributed by atoms with Gasteiger partial charge in [0.05, 0.1) is 11.7 Å². The maximum atomic E-state index is 10.8. The van der Waals surface area contributed by atoms with Crippen molar-refractivity contribution in [2.75, 3.05) is 0 Å². The fourth-order valence-electron chi connectivity index (χ4n) is 1.93. The van der Waals surface area contributed by atoms with Crippen molar-refractivity contribution in [2.24, 2.45) is 0 Å². The highest BCUT2D eigenvalue weighted by atomic mass is 16.5. The molecule has 110 valence electrons. The molecule has 2 aromatic rings. The second kappa shape index (κ2) is 6.90. The predicted molar refractivity (Wildman–Crippen MR) is 79.4 cm³/mol. The molecule has 0 heterocycles. The molecule has 0 radical (unpaired) electrons. The van der Waals surface area contributed by atoms with Crippen LogP contribution in [0.5, 0.6) is 5.75 Å².